The van der Waals surface area contributed by atoms with Gasteiger partial charge in [0.1, 0.15) is 12.6 Å². The van der Waals surface area contributed by atoms with Gasteiger partial charge in [-0.05, 0) is 51.4 Å². The minimum Gasteiger partial charge on any atom is -0.544 e. The van der Waals surface area contributed by atoms with Crippen LogP contribution in [0, 0.1) is 0 Å². The molecule has 0 fully saturated rings. The van der Waals surface area contributed by atoms with Crippen molar-refractivity contribution in [1.29, 1.82) is 0 Å². The van der Waals surface area contributed by atoms with Crippen molar-refractivity contribution in [2.75, 3.05) is 41.0 Å². The van der Waals surface area contributed by atoms with Gasteiger partial charge in [-0.1, -0.05) is 215 Å². The third-order valence-corrected chi connectivity index (χ3v) is 11.4. The maximum atomic E-state index is 12.8. The van der Waals surface area contributed by atoms with Gasteiger partial charge in [0.15, 0.2) is 6.10 Å². The number of likely N-dealkylation sites (N-methyl/N-ethyl adjacent to an activating group) is 1. The number of nitrogens with zero attached hydrogens (tertiary/aromatic N) is 1. The predicted molar refractivity (Wildman–Crippen MR) is 268 cm³/mol. The molecule has 0 N–H and O–H groups in total. The number of carbonyl (C=O) groups excluding carboxylic acids is 3. The van der Waals surface area contributed by atoms with Crippen LogP contribution in [0.2, 0.25) is 0 Å². The average molecular weight is 896 g/mol. The summed E-state index contributed by atoms with van der Waals surface area (Å²) in [7, 11) is 5.39. The summed E-state index contributed by atoms with van der Waals surface area (Å²) in [6, 6.07) is -0.739. The van der Waals surface area contributed by atoms with Crippen molar-refractivity contribution in [2.45, 2.75) is 225 Å². The smallest absolute Gasteiger partial charge is 0.306 e. The zero-order chi connectivity index (χ0) is 47.0. The van der Waals surface area contributed by atoms with Crippen LogP contribution in [0.1, 0.15) is 213 Å². The van der Waals surface area contributed by atoms with E-state index in [1.165, 1.54) is 116 Å². The normalized spacial score (nSPS) is 13.5. The Hall–Kier alpha value is -3.23. The van der Waals surface area contributed by atoms with E-state index >= 15 is 0 Å². The molecular weight excluding hydrogens is 799 g/mol. The van der Waals surface area contributed by atoms with Crippen molar-refractivity contribution in [3.05, 3.63) is 72.9 Å². The van der Waals surface area contributed by atoms with Gasteiger partial charge >= 0.3 is 11.9 Å². The minimum absolute atomic E-state index is 0.0163. The molecule has 0 spiro atoms. The van der Waals surface area contributed by atoms with Crippen molar-refractivity contribution in [3.8, 4) is 0 Å². The number of unbranched alkanes of at least 4 members (excludes halogenated alkanes) is 20. The van der Waals surface area contributed by atoms with Crippen LogP contribution >= 0.6 is 0 Å². The second-order valence-electron chi connectivity index (χ2n) is 18.4. The predicted octanol–water partition coefficient (Wildman–Crippen LogP) is 13.8. The molecule has 0 heterocycles. The first kappa shape index (κ1) is 60.8. The summed E-state index contributed by atoms with van der Waals surface area (Å²) in [6.45, 7) is 4.49. The Balaban J connectivity index is 4.33. The molecule has 8 nitrogen and oxygen atoms in total. The molecule has 0 radical (unpaired) electrons. The fourth-order valence-electron chi connectivity index (χ4n) is 7.39. The van der Waals surface area contributed by atoms with Gasteiger partial charge in [-0.3, -0.25) is 9.59 Å². The van der Waals surface area contributed by atoms with E-state index in [-0.39, 0.29) is 49.1 Å². The van der Waals surface area contributed by atoms with E-state index in [9.17, 15) is 19.5 Å². The Bertz CT molecular complexity index is 1270. The van der Waals surface area contributed by atoms with Crippen molar-refractivity contribution >= 4 is 17.9 Å². The lowest BCUT2D eigenvalue weighted by atomic mass is 10.0. The molecule has 0 aliphatic carbocycles. The molecule has 0 aromatic rings. The topological polar surface area (TPSA) is 102 Å². The summed E-state index contributed by atoms with van der Waals surface area (Å²) in [5.74, 6) is -1.84. The Morgan fingerprint density at radius 1 is 0.484 bits per heavy atom. The van der Waals surface area contributed by atoms with Crippen molar-refractivity contribution in [1.82, 2.24) is 0 Å². The molecule has 0 saturated carbocycles. The second-order valence-corrected chi connectivity index (χ2v) is 18.4. The molecule has 0 bridgehead atoms. The molecule has 0 aliphatic heterocycles. The Morgan fingerprint density at radius 3 is 1.27 bits per heavy atom. The second kappa shape index (κ2) is 46.3. The molecule has 0 aromatic heterocycles. The van der Waals surface area contributed by atoms with Crippen LogP contribution in [0.4, 0.5) is 0 Å². The summed E-state index contributed by atoms with van der Waals surface area (Å²) in [5, 5.41) is 11.7. The van der Waals surface area contributed by atoms with E-state index in [1.807, 2.05) is 12.2 Å². The lowest BCUT2D eigenvalue weighted by Crippen LogP contribution is -2.55. The summed E-state index contributed by atoms with van der Waals surface area (Å²) in [5.41, 5.74) is 0. The zero-order valence-corrected chi connectivity index (χ0v) is 41.9. The number of ether oxygens (including phenoxy) is 3. The first-order chi connectivity index (χ1) is 31.1. The monoisotopic (exact) mass is 896 g/mol. The fourth-order valence-corrected chi connectivity index (χ4v) is 7.39. The van der Waals surface area contributed by atoms with Crippen molar-refractivity contribution in [3.63, 3.8) is 0 Å². The maximum absolute atomic E-state index is 12.8. The molecule has 0 amide bonds. The summed E-state index contributed by atoms with van der Waals surface area (Å²) < 4.78 is 17.2. The first-order valence-corrected chi connectivity index (χ1v) is 26.0. The van der Waals surface area contributed by atoms with E-state index in [1.54, 1.807) is 21.1 Å². The maximum Gasteiger partial charge on any atom is 0.306 e. The van der Waals surface area contributed by atoms with E-state index in [4.69, 9.17) is 14.2 Å². The summed E-state index contributed by atoms with van der Waals surface area (Å²) in [6.07, 6.45) is 59.5. The zero-order valence-electron chi connectivity index (χ0n) is 41.9. The molecule has 0 aromatic carbocycles. The standard InChI is InChI=1S/C56H97NO7/c1-6-8-10-12-14-16-18-20-22-24-26-27-29-31-33-35-37-39-41-43-45-47-55(59)64-52(50-62-49-48-53(56(60)61)57(3,4)5)51-63-54(58)46-44-42-40-38-36-34-32-30-28-25-23-21-19-17-15-13-11-9-7-2/h9,11,15,17,21,23,28,30,34,36,40,42,52-53H,6-8,10,12-14,16,18-20,22,24-27,29,31-33,35,37-39,41,43-51H2,1-5H3/b11-9+,17-15+,23-21+,30-28+,36-34+,42-40+. The number of quaternary nitrogens is 1. The van der Waals surface area contributed by atoms with E-state index in [0.29, 0.717) is 12.8 Å². The number of allylic oxidation sites excluding steroid dienone is 12. The highest BCUT2D eigenvalue weighted by Gasteiger charge is 2.25. The number of hydrogen-bond donors (Lipinski definition) is 0. The molecular formula is C56H97NO7. The lowest BCUT2D eigenvalue weighted by Gasteiger charge is -2.34. The van der Waals surface area contributed by atoms with Crippen LogP contribution < -0.4 is 5.11 Å². The van der Waals surface area contributed by atoms with Gasteiger partial charge in [0.25, 0.3) is 0 Å². The van der Waals surface area contributed by atoms with Gasteiger partial charge in [-0.25, -0.2) is 0 Å². The minimum atomic E-state index is -1.13. The number of carboxylic acid groups (broad SMARTS) is 1. The van der Waals surface area contributed by atoms with Crippen LogP contribution in [0.15, 0.2) is 72.9 Å². The van der Waals surface area contributed by atoms with Crippen LogP contribution in [-0.4, -0.2) is 75.5 Å². The number of aliphatic carboxylic acids is 1. The number of rotatable bonds is 46. The highest BCUT2D eigenvalue weighted by Crippen LogP contribution is 2.16. The Labute approximate surface area is 393 Å². The number of carbonyl (C=O) groups is 3. The molecule has 368 valence electrons. The molecule has 64 heavy (non-hydrogen) atoms. The Kier molecular flexibility index (Phi) is 44.0. The number of hydrogen-bond acceptors (Lipinski definition) is 7. The van der Waals surface area contributed by atoms with Crippen LogP contribution in [-0.2, 0) is 28.6 Å². The molecule has 0 saturated heterocycles. The van der Waals surface area contributed by atoms with Gasteiger partial charge < -0.3 is 28.6 Å². The molecule has 8 heteroatoms. The quantitative estimate of drug-likeness (QED) is 0.0259. The number of carboxylic acids is 1. The fraction of sp³-hybridized carbons (Fsp3) is 0.732. The molecule has 2 atom stereocenters. The van der Waals surface area contributed by atoms with E-state index < -0.39 is 18.1 Å². The Morgan fingerprint density at radius 2 is 0.875 bits per heavy atom. The van der Waals surface area contributed by atoms with Gasteiger partial charge in [0, 0.05) is 19.3 Å². The largest absolute Gasteiger partial charge is 0.544 e. The van der Waals surface area contributed by atoms with Crippen LogP contribution in [0.5, 0.6) is 0 Å². The van der Waals surface area contributed by atoms with Crippen LogP contribution in [0.3, 0.4) is 0 Å². The van der Waals surface area contributed by atoms with Gasteiger partial charge in [0.05, 0.1) is 40.3 Å². The van der Waals surface area contributed by atoms with Crippen LogP contribution in [0.25, 0.3) is 0 Å². The third kappa shape index (κ3) is 44.0. The molecule has 2 unspecified atom stereocenters. The molecule has 0 aliphatic rings. The van der Waals surface area contributed by atoms with Crippen molar-refractivity contribution < 1.29 is 38.2 Å². The van der Waals surface area contributed by atoms with Gasteiger partial charge in [0.2, 0.25) is 0 Å². The SMILES string of the molecule is CC/C=C/C/C=C/C/C=C/C/C=C/C/C=C/C/C=C/CCC(=O)OCC(COCCC(C(=O)[O-])[N+](C)(C)C)OC(=O)CCCCCCCCCCCCCCCCCCCCCCC. The summed E-state index contributed by atoms with van der Waals surface area (Å²) in [4.78, 5) is 37.0. The highest BCUT2D eigenvalue weighted by molar-refractivity contribution is 5.70. The first-order valence-electron chi connectivity index (χ1n) is 26.0. The third-order valence-electron chi connectivity index (χ3n) is 11.4. The number of esters is 2. The molecule has 0 rings (SSSR count). The summed E-state index contributed by atoms with van der Waals surface area (Å²) >= 11 is 0. The lowest BCUT2D eigenvalue weighted by molar-refractivity contribution is -0.889. The highest BCUT2D eigenvalue weighted by atomic mass is 16.6. The van der Waals surface area contributed by atoms with Gasteiger partial charge in [-0.15, -0.1) is 0 Å². The van der Waals surface area contributed by atoms with Crippen molar-refractivity contribution in [2.24, 2.45) is 0 Å². The van der Waals surface area contributed by atoms with E-state index in [2.05, 4.69) is 74.6 Å². The average Bonchev–Trinajstić information content (AvgIpc) is 3.26. The van der Waals surface area contributed by atoms with Gasteiger partial charge in [-0.2, -0.15) is 0 Å². The van der Waals surface area contributed by atoms with E-state index in [0.717, 1.165) is 57.8 Å².